The average Bonchev–Trinajstić information content (AvgIpc) is 2.66. The summed E-state index contributed by atoms with van der Waals surface area (Å²) >= 11 is 4.36. The van der Waals surface area contributed by atoms with E-state index in [1.165, 1.54) is 18.2 Å². The van der Waals surface area contributed by atoms with Crippen LogP contribution in [-0.2, 0) is 4.79 Å². The monoisotopic (exact) mass is 588 g/mol. The van der Waals surface area contributed by atoms with Gasteiger partial charge in [0.25, 0.3) is 0 Å². The average molecular weight is 588 g/mol. The number of ether oxygens (including phenoxy) is 2. The molecule has 0 spiro atoms. The molecule has 0 fully saturated rings. The van der Waals surface area contributed by atoms with Gasteiger partial charge in [-0.25, -0.2) is 0 Å². The molecule has 2 aromatic carbocycles. The third-order valence-electron chi connectivity index (χ3n) is 3.53. The van der Waals surface area contributed by atoms with Crippen LogP contribution in [0.5, 0.6) is 11.5 Å². The Kier molecular flexibility index (Phi) is 8.36. The van der Waals surface area contributed by atoms with Crippen LogP contribution in [0.1, 0.15) is 11.1 Å². The van der Waals surface area contributed by atoms with E-state index < -0.39 is 0 Å². The summed E-state index contributed by atoms with van der Waals surface area (Å²) in [5.41, 5.74) is 1.70. The molecule has 0 radical (unpaired) electrons. The van der Waals surface area contributed by atoms with E-state index in [0.717, 1.165) is 29.8 Å². The van der Waals surface area contributed by atoms with E-state index in [1.54, 1.807) is 26.4 Å². The van der Waals surface area contributed by atoms with Crippen LogP contribution in [0.3, 0.4) is 0 Å². The lowest BCUT2D eigenvalue weighted by Crippen LogP contribution is -1.90. The Bertz CT molecular complexity index is 914. The first-order chi connectivity index (χ1) is 12.9. The molecule has 0 aliphatic rings. The van der Waals surface area contributed by atoms with Crippen LogP contribution < -0.4 is 9.47 Å². The molecule has 140 valence electrons. The van der Waals surface area contributed by atoms with E-state index >= 15 is 0 Å². The maximum atomic E-state index is 12.0. The highest BCUT2D eigenvalue weighted by Gasteiger charge is 2.01. The normalized spacial score (nSPS) is 11.9. The number of allylic oxidation sites excluding steroid dienone is 3. The van der Waals surface area contributed by atoms with Gasteiger partial charge in [0.05, 0.1) is 21.4 Å². The fraction of sp³-hybridized carbons (Fsp3) is 0.0952. The van der Waals surface area contributed by atoms with E-state index in [0.29, 0.717) is 0 Å². The molecule has 0 unspecified atom stereocenters. The number of rotatable bonds is 7. The molecule has 0 saturated heterocycles. The molecule has 0 heterocycles. The van der Waals surface area contributed by atoms with Crippen LogP contribution in [0.4, 0.5) is 0 Å². The van der Waals surface area contributed by atoms with Gasteiger partial charge in [0.2, 0.25) is 0 Å². The molecular formula is C21H18I2O4. The molecule has 0 aliphatic carbocycles. The zero-order chi connectivity index (χ0) is 19.8. The second kappa shape index (κ2) is 10.5. The number of hydrogen-bond donors (Lipinski definition) is 1. The Hall–Kier alpha value is -1.81. The summed E-state index contributed by atoms with van der Waals surface area (Å²) in [6.07, 6.45) is 7.44. The van der Waals surface area contributed by atoms with Gasteiger partial charge in [-0.3, -0.25) is 4.79 Å². The number of aliphatic hydroxyl groups is 1. The number of hydrogen-bond acceptors (Lipinski definition) is 4. The molecule has 0 aliphatic heterocycles. The first-order valence-corrected chi connectivity index (χ1v) is 10.1. The predicted molar refractivity (Wildman–Crippen MR) is 125 cm³/mol. The van der Waals surface area contributed by atoms with Gasteiger partial charge < -0.3 is 14.6 Å². The van der Waals surface area contributed by atoms with E-state index in [-0.39, 0.29) is 11.5 Å². The summed E-state index contributed by atoms with van der Waals surface area (Å²) in [6.45, 7) is 0. The Morgan fingerprint density at radius 3 is 1.85 bits per heavy atom. The summed E-state index contributed by atoms with van der Waals surface area (Å²) in [7, 11) is 3.21. The van der Waals surface area contributed by atoms with Crippen LogP contribution >= 0.6 is 45.2 Å². The van der Waals surface area contributed by atoms with Crippen molar-refractivity contribution in [2.45, 2.75) is 0 Å². The van der Waals surface area contributed by atoms with E-state index in [1.807, 2.05) is 36.4 Å². The summed E-state index contributed by atoms with van der Waals surface area (Å²) in [5.74, 6) is 1.07. The van der Waals surface area contributed by atoms with Crippen molar-refractivity contribution in [2.24, 2.45) is 0 Å². The Morgan fingerprint density at radius 2 is 1.37 bits per heavy atom. The van der Waals surface area contributed by atoms with E-state index in [9.17, 15) is 9.90 Å². The standard InChI is InChI=1S/C21H18I2O4/c1-26-20-11-14(5-9-18(20)22)3-7-16(24)13-17(25)8-4-15-6-10-19(23)21(12-15)27-2/h3-13,24H,1-2H3/b7-3+,8-4+,16-13?. The van der Waals surface area contributed by atoms with Gasteiger partial charge in [0.1, 0.15) is 17.3 Å². The Morgan fingerprint density at radius 1 is 0.889 bits per heavy atom. The lowest BCUT2D eigenvalue weighted by atomic mass is 10.1. The van der Waals surface area contributed by atoms with Crippen molar-refractivity contribution in [1.82, 2.24) is 0 Å². The van der Waals surface area contributed by atoms with Crippen molar-refractivity contribution >= 4 is 63.1 Å². The zero-order valence-electron chi connectivity index (χ0n) is 14.8. The Labute approximate surface area is 185 Å². The number of carbonyl (C=O) groups excluding carboxylic acids is 1. The van der Waals surface area contributed by atoms with Crippen LogP contribution in [0.2, 0.25) is 0 Å². The minimum atomic E-state index is -0.310. The van der Waals surface area contributed by atoms with Gasteiger partial charge in [-0.05, 0) is 92.7 Å². The molecule has 0 saturated carbocycles. The third kappa shape index (κ3) is 6.69. The van der Waals surface area contributed by atoms with Gasteiger partial charge >= 0.3 is 0 Å². The van der Waals surface area contributed by atoms with Gasteiger partial charge in [0, 0.05) is 6.08 Å². The number of aliphatic hydroxyl groups excluding tert-OH is 1. The van der Waals surface area contributed by atoms with Crippen molar-refractivity contribution in [2.75, 3.05) is 14.2 Å². The van der Waals surface area contributed by atoms with Crippen molar-refractivity contribution in [3.8, 4) is 11.5 Å². The van der Waals surface area contributed by atoms with E-state index in [2.05, 4.69) is 45.2 Å². The predicted octanol–water partition coefficient (Wildman–Crippen LogP) is 5.65. The van der Waals surface area contributed by atoms with Gasteiger partial charge in [-0.2, -0.15) is 0 Å². The van der Waals surface area contributed by atoms with Crippen molar-refractivity contribution in [1.29, 1.82) is 0 Å². The van der Waals surface area contributed by atoms with Crippen molar-refractivity contribution in [3.63, 3.8) is 0 Å². The zero-order valence-corrected chi connectivity index (χ0v) is 19.1. The van der Waals surface area contributed by atoms with Crippen molar-refractivity contribution in [3.05, 3.63) is 78.7 Å². The highest BCUT2D eigenvalue weighted by molar-refractivity contribution is 14.1. The van der Waals surface area contributed by atoms with Crippen LogP contribution in [-0.4, -0.2) is 25.1 Å². The molecule has 6 heteroatoms. The number of halogens is 2. The fourth-order valence-corrected chi connectivity index (χ4v) is 3.27. The number of ketones is 1. The lowest BCUT2D eigenvalue weighted by Gasteiger charge is -2.03. The molecule has 0 bridgehead atoms. The number of benzene rings is 2. The second-order valence-electron chi connectivity index (χ2n) is 5.43. The number of methoxy groups -OCH3 is 2. The minimum absolute atomic E-state index is 0.123. The Balaban J connectivity index is 2.05. The first kappa shape index (κ1) is 21.5. The van der Waals surface area contributed by atoms with E-state index in [4.69, 9.17) is 9.47 Å². The summed E-state index contributed by atoms with van der Waals surface area (Å²) in [5, 5.41) is 9.94. The topological polar surface area (TPSA) is 55.8 Å². The molecule has 0 atom stereocenters. The number of carbonyl (C=O) groups is 1. The van der Waals surface area contributed by atoms with Crippen molar-refractivity contribution < 1.29 is 19.4 Å². The minimum Gasteiger partial charge on any atom is -0.508 e. The maximum Gasteiger partial charge on any atom is 0.182 e. The largest absolute Gasteiger partial charge is 0.508 e. The maximum absolute atomic E-state index is 12.0. The SMILES string of the molecule is COc1cc(/C=C/C(=O)C=C(O)/C=C/c2ccc(I)c(OC)c2)ccc1I. The highest BCUT2D eigenvalue weighted by atomic mass is 127. The molecular weight excluding hydrogens is 570 g/mol. The molecule has 1 N–H and O–H groups in total. The van der Waals surface area contributed by atoms with Gasteiger partial charge in [0.15, 0.2) is 5.78 Å². The van der Waals surface area contributed by atoms with Crippen LogP contribution in [0, 0.1) is 7.14 Å². The van der Waals surface area contributed by atoms with Gasteiger partial charge in [-0.15, -0.1) is 0 Å². The second-order valence-corrected chi connectivity index (χ2v) is 7.75. The molecule has 2 rings (SSSR count). The lowest BCUT2D eigenvalue weighted by molar-refractivity contribution is -0.110. The smallest absolute Gasteiger partial charge is 0.182 e. The van der Waals surface area contributed by atoms with Crippen LogP contribution in [0.25, 0.3) is 12.2 Å². The highest BCUT2D eigenvalue weighted by Crippen LogP contribution is 2.23. The molecule has 0 amide bonds. The molecule has 0 aromatic heterocycles. The molecule has 27 heavy (non-hydrogen) atoms. The molecule has 4 nitrogen and oxygen atoms in total. The summed E-state index contributed by atoms with van der Waals surface area (Å²) in [4.78, 5) is 12.0. The third-order valence-corrected chi connectivity index (χ3v) is 5.31. The summed E-state index contributed by atoms with van der Waals surface area (Å²) < 4.78 is 12.5. The molecule has 2 aromatic rings. The first-order valence-electron chi connectivity index (χ1n) is 7.91. The summed E-state index contributed by atoms with van der Waals surface area (Å²) in [6, 6.07) is 11.3. The van der Waals surface area contributed by atoms with Crippen LogP contribution in [0.15, 0.2) is 60.4 Å². The quantitative estimate of drug-likeness (QED) is 0.197. The van der Waals surface area contributed by atoms with Gasteiger partial charge in [-0.1, -0.05) is 24.3 Å². The fourth-order valence-electron chi connectivity index (χ4n) is 2.16.